The molecule has 1 heterocycles. The molecule has 3 nitrogen and oxygen atoms in total. The summed E-state index contributed by atoms with van der Waals surface area (Å²) in [6.45, 7) is 5.42. The second kappa shape index (κ2) is 3.44. The third-order valence-electron chi connectivity index (χ3n) is 1.78. The van der Waals surface area contributed by atoms with Crippen molar-refractivity contribution in [1.29, 1.82) is 0 Å². The Kier molecular flexibility index (Phi) is 2.52. The highest BCUT2D eigenvalue weighted by Crippen LogP contribution is 2.13. The van der Waals surface area contributed by atoms with Crippen LogP contribution in [0.1, 0.15) is 43.1 Å². The van der Waals surface area contributed by atoms with Gasteiger partial charge < -0.3 is 4.57 Å². The van der Waals surface area contributed by atoms with Gasteiger partial charge in [0.15, 0.2) is 11.6 Å². The van der Waals surface area contributed by atoms with Gasteiger partial charge >= 0.3 is 0 Å². The van der Waals surface area contributed by atoms with Crippen molar-refractivity contribution >= 4 is 5.78 Å². The molecule has 0 aliphatic carbocycles. The minimum Gasteiger partial charge on any atom is -0.313 e. The van der Waals surface area contributed by atoms with E-state index in [1.54, 1.807) is 10.8 Å². The first-order valence-corrected chi connectivity index (χ1v) is 4.12. The lowest BCUT2D eigenvalue weighted by molar-refractivity contribution is 0.0998. The van der Waals surface area contributed by atoms with E-state index >= 15 is 0 Å². The molecule has 0 aromatic carbocycles. The van der Waals surface area contributed by atoms with E-state index in [1.807, 2.05) is 13.8 Å². The quantitative estimate of drug-likeness (QED) is 0.507. The molecule has 0 radical (unpaired) electrons. The van der Waals surface area contributed by atoms with Crippen LogP contribution in [0.15, 0.2) is 6.20 Å². The van der Waals surface area contributed by atoms with E-state index in [1.165, 1.54) is 6.92 Å². The Morgan fingerprint density at radius 2 is 2.31 bits per heavy atom. The Hall–Kier alpha value is -1.56. The van der Waals surface area contributed by atoms with Gasteiger partial charge in [0.1, 0.15) is 5.69 Å². The lowest BCUT2D eigenvalue weighted by Crippen LogP contribution is -2.11. The topological polar surface area (TPSA) is 34.9 Å². The summed E-state index contributed by atoms with van der Waals surface area (Å²) in [5.41, 5.74) is 0.653. The fourth-order valence-electron chi connectivity index (χ4n) is 1.25. The summed E-state index contributed by atoms with van der Waals surface area (Å²) in [6, 6.07) is 0.160. The smallest absolute Gasteiger partial charge is 0.195 e. The Morgan fingerprint density at radius 3 is 2.69 bits per heavy atom. The third-order valence-corrected chi connectivity index (χ3v) is 1.78. The molecule has 0 fully saturated rings. The van der Waals surface area contributed by atoms with Crippen LogP contribution in [0, 0.1) is 12.3 Å². The van der Waals surface area contributed by atoms with Gasteiger partial charge in [0.25, 0.3) is 0 Å². The van der Waals surface area contributed by atoms with Crippen LogP contribution >= 0.6 is 0 Å². The zero-order valence-electron chi connectivity index (χ0n) is 8.03. The van der Waals surface area contributed by atoms with Gasteiger partial charge in [-0.2, -0.15) is 0 Å². The summed E-state index contributed by atoms with van der Waals surface area (Å²) >= 11 is 0. The average molecular weight is 176 g/mol. The highest BCUT2D eigenvalue weighted by molar-refractivity contribution is 5.90. The molecule has 0 saturated heterocycles. The number of aromatic nitrogens is 2. The number of carbonyl (C=O) groups excluding carboxylic acids is 1. The zero-order valence-corrected chi connectivity index (χ0v) is 8.03. The van der Waals surface area contributed by atoms with Crippen molar-refractivity contribution in [3.63, 3.8) is 0 Å². The van der Waals surface area contributed by atoms with Crippen molar-refractivity contribution in [2.24, 2.45) is 0 Å². The number of Topliss-reactive ketones (excluding diaryl/α,β-unsaturated/α-hetero) is 1. The predicted molar refractivity (Wildman–Crippen MR) is 50.6 cm³/mol. The number of ketones is 1. The largest absolute Gasteiger partial charge is 0.313 e. The summed E-state index contributed by atoms with van der Waals surface area (Å²) in [6.07, 6.45) is 6.83. The van der Waals surface area contributed by atoms with Crippen LogP contribution in [-0.4, -0.2) is 15.3 Å². The first kappa shape index (κ1) is 9.53. The van der Waals surface area contributed by atoms with Gasteiger partial charge in [0.2, 0.25) is 0 Å². The van der Waals surface area contributed by atoms with E-state index in [2.05, 4.69) is 10.9 Å². The molecule has 0 N–H and O–H groups in total. The zero-order chi connectivity index (χ0) is 10.0. The van der Waals surface area contributed by atoms with Crippen LogP contribution in [0.3, 0.4) is 0 Å². The van der Waals surface area contributed by atoms with Crippen molar-refractivity contribution in [2.75, 3.05) is 0 Å². The summed E-state index contributed by atoms with van der Waals surface area (Å²) in [4.78, 5) is 15.1. The van der Waals surface area contributed by atoms with Crippen molar-refractivity contribution in [1.82, 2.24) is 9.55 Å². The van der Waals surface area contributed by atoms with E-state index in [9.17, 15) is 4.79 Å². The minimum atomic E-state index is -0.0600. The number of rotatable bonds is 2. The van der Waals surface area contributed by atoms with Crippen molar-refractivity contribution in [3.05, 3.63) is 17.7 Å². The molecular formula is C10H12N2O. The lowest BCUT2D eigenvalue weighted by Gasteiger charge is -2.10. The molecule has 0 spiro atoms. The summed E-state index contributed by atoms with van der Waals surface area (Å²) in [7, 11) is 0. The van der Waals surface area contributed by atoms with Gasteiger partial charge in [-0.25, -0.2) is 4.98 Å². The molecule has 1 aromatic heterocycles. The van der Waals surface area contributed by atoms with Crippen LogP contribution in [0.4, 0.5) is 0 Å². The second-order valence-electron chi connectivity index (χ2n) is 3.13. The summed E-state index contributed by atoms with van der Waals surface area (Å²) < 4.78 is 1.77. The highest BCUT2D eigenvalue weighted by atomic mass is 16.1. The predicted octanol–water partition coefficient (Wildman–Crippen LogP) is 1.65. The molecule has 0 aliphatic rings. The molecular weight excluding hydrogens is 164 g/mol. The molecule has 0 amide bonds. The number of hydrogen-bond acceptors (Lipinski definition) is 2. The van der Waals surface area contributed by atoms with Crippen LogP contribution < -0.4 is 0 Å². The van der Waals surface area contributed by atoms with Crippen molar-refractivity contribution in [3.8, 4) is 12.3 Å². The fraction of sp³-hybridized carbons (Fsp3) is 0.400. The van der Waals surface area contributed by atoms with Crippen molar-refractivity contribution in [2.45, 2.75) is 26.8 Å². The molecule has 0 aliphatic heterocycles. The first-order chi connectivity index (χ1) is 6.07. The average Bonchev–Trinajstić information content (AvgIpc) is 2.46. The molecule has 0 atom stereocenters. The second-order valence-corrected chi connectivity index (χ2v) is 3.13. The highest BCUT2D eigenvalue weighted by Gasteiger charge is 2.14. The number of carbonyl (C=O) groups is 1. The van der Waals surface area contributed by atoms with Gasteiger partial charge in [0.05, 0.1) is 6.20 Å². The molecule has 0 saturated carbocycles. The molecule has 1 aromatic rings. The van der Waals surface area contributed by atoms with Crippen LogP contribution in [-0.2, 0) is 0 Å². The normalized spacial score (nSPS) is 10.1. The van der Waals surface area contributed by atoms with Crippen molar-refractivity contribution < 1.29 is 4.79 Å². The Labute approximate surface area is 77.8 Å². The standard InChI is InChI=1S/C10H12N2O/c1-5-9-6-11-10(8(4)13)12(9)7(2)3/h1,6-7H,2-4H3. The SMILES string of the molecule is C#Cc1cnc(C(C)=O)n1C(C)C. The fourth-order valence-corrected chi connectivity index (χ4v) is 1.25. The number of nitrogens with zero attached hydrogens (tertiary/aromatic N) is 2. The molecule has 0 bridgehead atoms. The third kappa shape index (κ3) is 1.62. The van der Waals surface area contributed by atoms with E-state index in [0.29, 0.717) is 11.5 Å². The molecule has 1 rings (SSSR count). The van der Waals surface area contributed by atoms with E-state index < -0.39 is 0 Å². The summed E-state index contributed by atoms with van der Waals surface area (Å²) in [5, 5.41) is 0. The van der Waals surface area contributed by atoms with Gasteiger partial charge in [-0.05, 0) is 13.8 Å². The molecule has 13 heavy (non-hydrogen) atoms. The van der Waals surface area contributed by atoms with E-state index in [0.717, 1.165) is 0 Å². The Morgan fingerprint density at radius 1 is 1.69 bits per heavy atom. The maximum Gasteiger partial charge on any atom is 0.195 e. The molecule has 0 unspecified atom stereocenters. The molecule has 3 heteroatoms. The maximum atomic E-state index is 11.1. The number of terminal acetylenes is 1. The first-order valence-electron chi connectivity index (χ1n) is 4.12. The van der Waals surface area contributed by atoms with E-state index in [4.69, 9.17) is 6.42 Å². The van der Waals surface area contributed by atoms with Gasteiger partial charge in [-0.15, -0.1) is 6.42 Å². The van der Waals surface area contributed by atoms with E-state index in [-0.39, 0.29) is 11.8 Å². The Bertz CT molecular complexity index is 369. The van der Waals surface area contributed by atoms with Crippen LogP contribution in [0.2, 0.25) is 0 Å². The maximum absolute atomic E-state index is 11.1. The minimum absolute atomic E-state index is 0.0600. The van der Waals surface area contributed by atoms with Gasteiger partial charge in [-0.1, -0.05) is 5.92 Å². The number of imidazole rings is 1. The summed E-state index contributed by atoms with van der Waals surface area (Å²) in [5.74, 6) is 2.87. The number of hydrogen-bond donors (Lipinski definition) is 0. The molecule has 68 valence electrons. The Balaban J connectivity index is 3.32. The lowest BCUT2D eigenvalue weighted by atomic mass is 10.3. The monoisotopic (exact) mass is 176 g/mol. The van der Waals surface area contributed by atoms with Crippen LogP contribution in [0.5, 0.6) is 0 Å². The van der Waals surface area contributed by atoms with Crippen LogP contribution in [0.25, 0.3) is 0 Å². The van der Waals surface area contributed by atoms with Gasteiger partial charge in [-0.3, -0.25) is 4.79 Å². The van der Waals surface area contributed by atoms with Gasteiger partial charge in [0, 0.05) is 13.0 Å².